The molecule has 0 aromatic carbocycles. The molecule has 0 amide bonds. The van der Waals surface area contributed by atoms with Gasteiger partial charge in [0, 0.05) is 22.8 Å². The Bertz CT molecular complexity index is 274. The van der Waals surface area contributed by atoms with Crippen LogP contribution >= 0.6 is 23.7 Å². The number of hydrogen-bond acceptors (Lipinski definition) is 3. The molecular weight excluding hydrogens is 194 g/mol. The largest absolute Gasteiger partial charge is 0.387 e. The molecule has 1 unspecified atom stereocenters. The zero-order chi connectivity index (χ0) is 7.84. The Morgan fingerprint density at radius 1 is 1.67 bits per heavy atom. The van der Waals surface area contributed by atoms with E-state index in [0.29, 0.717) is 6.54 Å². The molecule has 1 aliphatic rings. The zero-order valence-electron chi connectivity index (χ0n) is 6.83. The second kappa shape index (κ2) is 3.75. The van der Waals surface area contributed by atoms with Crippen LogP contribution in [0.25, 0.3) is 0 Å². The van der Waals surface area contributed by atoms with E-state index in [1.807, 2.05) is 0 Å². The fourth-order valence-electron chi connectivity index (χ4n) is 1.43. The van der Waals surface area contributed by atoms with Crippen LogP contribution in [0.3, 0.4) is 0 Å². The SMILES string of the molecule is Cc1cc2c(s1)CNCC2O.Cl. The minimum Gasteiger partial charge on any atom is -0.387 e. The Morgan fingerprint density at radius 3 is 3.08 bits per heavy atom. The predicted octanol–water partition coefficient (Wildman–Crippen LogP) is 1.61. The van der Waals surface area contributed by atoms with E-state index >= 15 is 0 Å². The quantitative estimate of drug-likeness (QED) is 0.675. The van der Waals surface area contributed by atoms with Gasteiger partial charge in [-0.1, -0.05) is 0 Å². The second-order valence-electron chi connectivity index (χ2n) is 2.88. The molecule has 0 radical (unpaired) electrons. The molecule has 2 nitrogen and oxygen atoms in total. The molecule has 4 heteroatoms. The zero-order valence-corrected chi connectivity index (χ0v) is 8.47. The molecule has 1 aliphatic heterocycles. The molecule has 0 saturated heterocycles. The highest BCUT2D eigenvalue weighted by atomic mass is 35.5. The first-order chi connectivity index (χ1) is 5.27. The van der Waals surface area contributed by atoms with Crippen LogP contribution in [0.1, 0.15) is 21.4 Å². The third kappa shape index (κ3) is 1.64. The standard InChI is InChI=1S/C8H11NOS.ClH/c1-5-2-6-7(10)3-9-4-8(6)11-5;/h2,7,9-10H,3-4H2,1H3;1H. The Morgan fingerprint density at radius 2 is 2.42 bits per heavy atom. The monoisotopic (exact) mass is 205 g/mol. The number of aryl methyl sites for hydroxylation is 1. The van der Waals surface area contributed by atoms with Crippen LogP contribution in [0.5, 0.6) is 0 Å². The Labute approximate surface area is 82.0 Å². The van der Waals surface area contributed by atoms with Gasteiger partial charge in [0.2, 0.25) is 0 Å². The summed E-state index contributed by atoms with van der Waals surface area (Å²) in [5, 5.41) is 12.7. The van der Waals surface area contributed by atoms with Crippen molar-refractivity contribution in [3.05, 3.63) is 21.4 Å². The average molecular weight is 206 g/mol. The molecule has 0 saturated carbocycles. The topological polar surface area (TPSA) is 32.3 Å². The van der Waals surface area contributed by atoms with Crippen LogP contribution in [0.2, 0.25) is 0 Å². The lowest BCUT2D eigenvalue weighted by atomic mass is 10.1. The normalized spacial score (nSPS) is 21.3. The van der Waals surface area contributed by atoms with E-state index in [1.54, 1.807) is 11.3 Å². The highest BCUT2D eigenvalue weighted by molar-refractivity contribution is 7.12. The van der Waals surface area contributed by atoms with E-state index in [1.165, 1.54) is 9.75 Å². The first kappa shape index (κ1) is 9.99. The minimum atomic E-state index is -0.288. The van der Waals surface area contributed by atoms with Crippen molar-refractivity contribution < 1.29 is 5.11 Å². The van der Waals surface area contributed by atoms with Crippen LogP contribution in [0.15, 0.2) is 6.07 Å². The number of aliphatic hydroxyl groups is 1. The number of β-amino-alcohol motifs (C(OH)–C–C–N with tert-alkyl or cyclic N) is 1. The lowest BCUT2D eigenvalue weighted by Gasteiger charge is -2.18. The summed E-state index contributed by atoms with van der Waals surface area (Å²) in [5.41, 5.74) is 1.13. The van der Waals surface area contributed by atoms with Crippen LogP contribution in [-0.4, -0.2) is 11.7 Å². The van der Waals surface area contributed by atoms with Crippen molar-refractivity contribution in [2.24, 2.45) is 0 Å². The average Bonchev–Trinajstić information content (AvgIpc) is 2.31. The predicted molar refractivity (Wildman–Crippen MR) is 53.0 cm³/mol. The third-order valence-electron chi connectivity index (χ3n) is 1.95. The van der Waals surface area contributed by atoms with Gasteiger partial charge in [-0.3, -0.25) is 0 Å². The fraction of sp³-hybridized carbons (Fsp3) is 0.500. The van der Waals surface area contributed by atoms with Gasteiger partial charge in [-0.25, -0.2) is 0 Å². The van der Waals surface area contributed by atoms with Gasteiger partial charge in [0.15, 0.2) is 0 Å². The summed E-state index contributed by atoms with van der Waals surface area (Å²) in [4.78, 5) is 2.58. The van der Waals surface area contributed by atoms with E-state index in [0.717, 1.165) is 12.1 Å². The van der Waals surface area contributed by atoms with Crippen molar-refractivity contribution in [2.45, 2.75) is 19.6 Å². The highest BCUT2D eigenvalue weighted by Crippen LogP contribution is 2.29. The molecule has 68 valence electrons. The molecular formula is C8H12ClNOS. The molecule has 2 rings (SSSR count). The van der Waals surface area contributed by atoms with E-state index < -0.39 is 0 Å². The number of hydrogen-bond donors (Lipinski definition) is 2. The van der Waals surface area contributed by atoms with Crippen molar-refractivity contribution >= 4 is 23.7 Å². The van der Waals surface area contributed by atoms with Crippen LogP contribution in [0.4, 0.5) is 0 Å². The maximum Gasteiger partial charge on any atom is 0.0925 e. The smallest absolute Gasteiger partial charge is 0.0925 e. The molecule has 0 spiro atoms. The van der Waals surface area contributed by atoms with Gasteiger partial charge in [0.05, 0.1) is 6.10 Å². The van der Waals surface area contributed by atoms with Crippen LogP contribution in [-0.2, 0) is 6.54 Å². The first-order valence-electron chi connectivity index (χ1n) is 3.75. The number of halogens is 1. The maximum atomic E-state index is 9.52. The maximum absolute atomic E-state index is 9.52. The first-order valence-corrected chi connectivity index (χ1v) is 4.57. The van der Waals surface area contributed by atoms with Gasteiger partial charge in [0.25, 0.3) is 0 Å². The van der Waals surface area contributed by atoms with Gasteiger partial charge < -0.3 is 10.4 Å². The second-order valence-corrected chi connectivity index (χ2v) is 4.22. The van der Waals surface area contributed by atoms with Crippen LogP contribution < -0.4 is 5.32 Å². The number of rotatable bonds is 0. The van der Waals surface area contributed by atoms with Crippen molar-refractivity contribution in [3.8, 4) is 0 Å². The molecule has 0 fully saturated rings. The fourth-order valence-corrected chi connectivity index (χ4v) is 2.50. The minimum absolute atomic E-state index is 0. The molecule has 2 N–H and O–H groups in total. The lowest BCUT2D eigenvalue weighted by molar-refractivity contribution is 0.166. The third-order valence-corrected chi connectivity index (χ3v) is 3.01. The summed E-state index contributed by atoms with van der Waals surface area (Å²) in [6, 6.07) is 2.09. The summed E-state index contributed by atoms with van der Waals surface area (Å²) in [6.07, 6.45) is -0.288. The van der Waals surface area contributed by atoms with E-state index in [9.17, 15) is 5.11 Å². The van der Waals surface area contributed by atoms with E-state index in [-0.39, 0.29) is 18.5 Å². The molecule has 12 heavy (non-hydrogen) atoms. The van der Waals surface area contributed by atoms with Crippen molar-refractivity contribution in [2.75, 3.05) is 6.54 Å². The van der Waals surface area contributed by atoms with Crippen molar-refractivity contribution in [3.63, 3.8) is 0 Å². The van der Waals surface area contributed by atoms with Crippen LogP contribution in [0, 0.1) is 6.92 Å². The Balaban J connectivity index is 0.000000720. The summed E-state index contributed by atoms with van der Waals surface area (Å²) in [6.45, 7) is 3.70. The molecule has 1 atom stereocenters. The Kier molecular flexibility index (Phi) is 3.12. The molecule has 2 heterocycles. The number of thiophene rings is 1. The highest BCUT2D eigenvalue weighted by Gasteiger charge is 2.18. The summed E-state index contributed by atoms with van der Waals surface area (Å²) in [7, 11) is 0. The van der Waals surface area contributed by atoms with Crippen molar-refractivity contribution in [1.82, 2.24) is 5.32 Å². The van der Waals surface area contributed by atoms with E-state index in [2.05, 4.69) is 18.3 Å². The number of fused-ring (bicyclic) bond motifs is 1. The van der Waals surface area contributed by atoms with Gasteiger partial charge in [-0.15, -0.1) is 23.7 Å². The summed E-state index contributed by atoms with van der Waals surface area (Å²) >= 11 is 1.77. The molecule has 0 aliphatic carbocycles. The summed E-state index contributed by atoms with van der Waals surface area (Å²) < 4.78 is 0. The number of aliphatic hydroxyl groups excluding tert-OH is 1. The molecule has 0 bridgehead atoms. The van der Waals surface area contributed by atoms with Crippen molar-refractivity contribution in [1.29, 1.82) is 0 Å². The lowest BCUT2D eigenvalue weighted by Crippen LogP contribution is -2.26. The molecule has 1 aromatic rings. The van der Waals surface area contributed by atoms with Gasteiger partial charge in [-0.2, -0.15) is 0 Å². The molecule has 1 aromatic heterocycles. The van der Waals surface area contributed by atoms with E-state index in [4.69, 9.17) is 0 Å². The van der Waals surface area contributed by atoms with Gasteiger partial charge >= 0.3 is 0 Å². The van der Waals surface area contributed by atoms with Gasteiger partial charge in [0.1, 0.15) is 0 Å². The summed E-state index contributed by atoms with van der Waals surface area (Å²) in [5.74, 6) is 0. The Hall–Kier alpha value is -0.0900. The van der Waals surface area contributed by atoms with Gasteiger partial charge in [-0.05, 0) is 18.6 Å². The number of nitrogens with one attached hydrogen (secondary N) is 1.